The molecular formula is C13H9Cl2FN2O. The van der Waals surface area contributed by atoms with Crippen molar-refractivity contribution in [1.29, 1.82) is 0 Å². The number of aromatic nitrogens is 1. The highest BCUT2D eigenvalue weighted by molar-refractivity contribution is 6.33. The van der Waals surface area contributed by atoms with Crippen LogP contribution >= 0.6 is 23.2 Å². The molecule has 0 unspecified atom stereocenters. The van der Waals surface area contributed by atoms with Crippen LogP contribution in [0.3, 0.4) is 0 Å². The lowest BCUT2D eigenvalue weighted by Crippen LogP contribution is -2.13. The maximum Gasteiger partial charge on any atom is 0.255 e. The number of nitrogens with one attached hydrogen (secondary N) is 1. The molecule has 1 heterocycles. The second-order valence-electron chi connectivity index (χ2n) is 3.91. The quantitative estimate of drug-likeness (QED) is 0.849. The van der Waals surface area contributed by atoms with Gasteiger partial charge >= 0.3 is 0 Å². The summed E-state index contributed by atoms with van der Waals surface area (Å²) in [5, 5.41) is 2.92. The molecule has 0 aliphatic rings. The molecule has 0 saturated heterocycles. The Morgan fingerprint density at radius 1 is 1.21 bits per heavy atom. The molecule has 1 aromatic heterocycles. The number of halogens is 3. The number of rotatable bonds is 2. The Bertz CT molecular complexity index is 626. The van der Waals surface area contributed by atoms with E-state index in [1.165, 1.54) is 30.3 Å². The molecule has 2 aromatic rings. The maximum atomic E-state index is 13.0. The molecule has 3 nitrogen and oxygen atoms in total. The number of anilines is 1. The molecule has 6 heteroatoms. The van der Waals surface area contributed by atoms with Crippen LogP contribution in [0.4, 0.5) is 10.1 Å². The Kier molecular flexibility index (Phi) is 4.02. The zero-order valence-electron chi connectivity index (χ0n) is 9.88. The van der Waals surface area contributed by atoms with Crippen LogP contribution in [0.1, 0.15) is 15.9 Å². The number of nitrogens with zero attached hydrogens (tertiary/aromatic N) is 1. The second kappa shape index (κ2) is 5.55. The number of carbonyl (C=O) groups is 1. The van der Waals surface area contributed by atoms with Gasteiger partial charge in [0.1, 0.15) is 16.1 Å². The third-order valence-electron chi connectivity index (χ3n) is 2.46. The first-order valence-corrected chi connectivity index (χ1v) is 6.12. The van der Waals surface area contributed by atoms with Gasteiger partial charge in [-0.1, -0.05) is 23.2 Å². The molecular weight excluding hydrogens is 290 g/mol. The normalized spacial score (nSPS) is 10.3. The van der Waals surface area contributed by atoms with Crippen molar-refractivity contribution in [2.75, 3.05) is 5.32 Å². The SMILES string of the molecule is Cc1cc(F)ccc1NC(=O)c1cc(Cl)nc(Cl)c1. The van der Waals surface area contributed by atoms with Gasteiger partial charge in [0.15, 0.2) is 0 Å². The van der Waals surface area contributed by atoms with Crippen molar-refractivity contribution in [1.82, 2.24) is 4.98 Å². The average Bonchev–Trinajstić information content (AvgIpc) is 2.31. The third kappa shape index (κ3) is 3.43. The van der Waals surface area contributed by atoms with E-state index in [2.05, 4.69) is 10.3 Å². The number of hydrogen-bond donors (Lipinski definition) is 1. The predicted molar refractivity (Wildman–Crippen MR) is 73.3 cm³/mol. The van der Waals surface area contributed by atoms with E-state index in [-0.39, 0.29) is 27.6 Å². The molecule has 0 fully saturated rings. The van der Waals surface area contributed by atoms with E-state index in [1.54, 1.807) is 6.92 Å². The first-order valence-electron chi connectivity index (χ1n) is 5.36. The number of carbonyl (C=O) groups excluding carboxylic acids is 1. The summed E-state index contributed by atoms with van der Waals surface area (Å²) in [5.41, 5.74) is 1.43. The fourth-order valence-corrected chi connectivity index (χ4v) is 2.02. The largest absolute Gasteiger partial charge is 0.322 e. The zero-order valence-corrected chi connectivity index (χ0v) is 11.4. The molecule has 0 atom stereocenters. The number of amides is 1. The molecule has 0 aliphatic carbocycles. The van der Waals surface area contributed by atoms with E-state index in [1.807, 2.05) is 0 Å². The van der Waals surface area contributed by atoms with E-state index in [0.717, 1.165) is 0 Å². The molecule has 1 aromatic carbocycles. The van der Waals surface area contributed by atoms with Crippen LogP contribution in [-0.2, 0) is 0 Å². The Hall–Kier alpha value is -1.65. The summed E-state index contributed by atoms with van der Waals surface area (Å²) < 4.78 is 13.0. The standard InChI is InChI=1S/C13H9Cl2FN2O/c1-7-4-9(16)2-3-10(7)17-13(19)8-5-11(14)18-12(15)6-8/h2-6H,1H3,(H,17,19). The number of pyridine rings is 1. The van der Waals surface area contributed by atoms with Gasteiger partial charge in [0.05, 0.1) is 0 Å². The minimum Gasteiger partial charge on any atom is -0.322 e. The molecule has 1 amide bonds. The fourth-order valence-electron chi connectivity index (χ4n) is 1.56. The summed E-state index contributed by atoms with van der Waals surface area (Å²) in [6.45, 7) is 1.70. The molecule has 1 N–H and O–H groups in total. The van der Waals surface area contributed by atoms with Crippen molar-refractivity contribution in [3.63, 3.8) is 0 Å². The number of aryl methyl sites for hydroxylation is 1. The molecule has 19 heavy (non-hydrogen) atoms. The molecule has 0 saturated carbocycles. The van der Waals surface area contributed by atoms with Crippen LogP contribution in [0.25, 0.3) is 0 Å². The highest BCUT2D eigenvalue weighted by Crippen LogP contribution is 2.19. The molecule has 0 spiro atoms. The van der Waals surface area contributed by atoms with E-state index >= 15 is 0 Å². The summed E-state index contributed by atoms with van der Waals surface area (Å²) in [5.74, 6) is -0.744. The summed E-state index contributed by atoms with van der Waals surface area (Å²) in [6, 6.07) is 6.91. The maximum absolute atomic E-state index is 13.0. The van der Waals surface area contributed by atoms with Crippen molar-refractivity contribution in [2.24, 2.45) is 0 Å². The lowest BCUT2D eigenvalue weighted by atomic mass is 10.2. The molecule has 0 bridgehead atoms. The predicted octanol–water partition coefficient (Wildman–Crippen LogP) is 4.09. The van der Waals surface area contributed by atoms with Crippen molar-refractivity contribution >= 4 is 34.8 Å². The Balaban J connectivity index is 2.25. The topological polar surface area (TPSA) is 42.0 Å². The van der Waals surface area contributed by atoms with Crippen molar-refractivity contribution in [3.05, 3.63) is 57.6 Å². The third-order valence-corrected chi connectivity index (χ3v) is 2.85. The van der Waals surface area contributed by atoms with Crippen molar-refractivity contribution in [2.45, 2.75) is 6.92 Å². The Morgan fingerprint density at radius 2 is 1.84 bits per heavy atom. The van der Waals surface area contributed by atoms with Gasteiger partial charge in [-0.05, 0) is 42.8 Å². The van der Waals surface area contributed by atoms with E-state index < -0.39 is 0 Å². The Labute approximate surface area is 119 Å². The van der Waals surface area contributed by atoms with Gasteiger partial charge < -0.3 is 5.32 Å². The fraction of sp³-hybridized carbons (Fsp3) is 0.0769. The van der Waals surface area contributed by atoms with Gasteiger partial charge in [-0.15, -0.1) is 0 Å². The monoisotopic (exact) mass is 298 g/mol. The summed E-state index contributed by atoms with van der Waals surface area (Å²) in [4.78, 5) is 15.8. The zero-order chi connectivity index (χ0) is 14.0. The lowest BCUT2D eigenvalue weighted by molar-refractivity contribution is 0.102. The minimum absolute atomic E-state index is 0.133. The summed E-state index contributed by atoms with van der Waals surface area (Å²) >= 11 is 11.4. The molecule has 98 valence electrons. The van der Waals surface area contributed by atoms with Crippen molar-refractivity contribution in [3.8, 4) is 0 Å². The van der Waals surface area contributed by atoms with Gasteiger partial charge in [0.25, 0.3) is 5.91 Å². The average molecular weight is 299 g/mol. The van der Waals surface area contributed by atoms with Gasteiger partial charge in [0, 0.05) is 11.3 Å². The van der Waals surface area contributed by atoms with E-state index in [9.17, 15) is 9.18 Å². The van der Waals surface area contributed by atoms with Crippen LogP contribution in [-0.4, -0.2) is 10.9 Å². The van der Waals surface area contributed by atoms with E-state index in [4.69, 9.17) is 23.2 Å². The van der Waals surface area contributed by atoms with Gasteiger partial charge in [-0.2, -0.15) is 0 Å². The Morgan fingerprint density at radius 3 is 2.42 bits per heavy atom. The smallest absolute Gasteiger partial charge is 0.255 e. The van der Waals surface area contributed by atoms with Crippen LogP contribution in [0.15, 0.2) is 30.3 Å². The minimum atomic E-state index is -0.388. The van der Waals surface area contributed by atoms with Crippen LogP contribution < -0.4 is 5.32 Å². The molecule has 0 radical (unpaired) electrons. The van der Waals surface area contributed by atoms with Gasteiger partial charge in [-0.25, -0.2) is 9.37 Å². The summed E-state index contributed by atoms with van der Waals surface area (Å²) in [6.07, 6.45) is 0. The molecule has 2 rings (SSSR count). The first-order chi connectivity index (χ1) is 8.95. The summed E-state index contributed by atoms with van der Waals surface area (Å²) in [7, 11) is 0. The lowest BCUT2D eigenvalue weighted by Gasteiger charge is -2.08. The van der Waals surface area contributed by atoms with Crippen LogP contribution in [0.5, 0.6) is 0 Å². The van der Waals surface area contributed by atoms with Gasteiger partial charge in [0.2, 0.25) is 0 Å². The van der Waals surface area contributed by atoms with E-state index in [0.29, 0.717) is 11.3 Å². The highest BCUT2D eigenvalue weighted by atomic mass is 35.5. The second-order valence-corrected chi connectivity index (χ2v) is 4.69. The highest BCUT2D eigenvalue weighted by Gasteiger charge is 2.10. The molecule has 0 aliphatic heterocycles. The van der Waals surface area contributed by atoms with Crippen molar-refractivity contribution < 1.29 is 9.18 Å². The first kappa shape index (κ1) is 13.8. The van der Waals surface area contributed by atoms with Gasteiger partial charge in [-0.3, -0.25) is 4.79 Å². The van der Waals surface area contributed by atoms with Crippen LogP contribution in [0.2, 0.25) is 10.3 Å². The number of hydrogen-bond acceptors (Lipinski definition) is 2. The number of benzene rings is 1. The van der Waals surface area contributed by atoms with Crippen LogP contribution in [0, 0.1) is 12.7 Å².